The van der Waals surface area contributed by atoms with Gasteiger partial charge in [-0.25, -0.2) is 12.8 Å². The molecule has 1 heterocycles. The van der Waals surface area contributed by atoms with Crippen molar-refractivity contribution >= 4 is 9.84 Å². The lowest BCUT2D eigenvalue weighted by Crippen LogP contribution is -2.32. The first-order chi connectivity index (χ1) is 11.3. The van der Waals surface area contributed by atoms with Crippen molar-refractivity contribution in [1.82, 2.24) is 4.90 Å². The first kappa shape index (κ1) is 18.5. The van der Waals surface area contributed by atoms with E-state index < -0.39 is 15.7 Å². The molecule has 0 N–H and O–H groups in total. The maximum Gasteiger partial charge on any atom is 0.179 e. The lowest BCUT2D eigenvalue weighted by Gasteiger charge is -2.32. The fourth-order valence-electron chi connectivity index (χ4n) is 3.04. The lowest BCUT2D eigenvalue weighted by atomic mass is 9.84. The number of hydrogen-bond donors (Lipinski definition) is 0. The molecule has 2 rings (SSSR count). The van der Waals surface area contributed by atoms with E-state index >= 15 is 0 Å². The van der Waals surface area contributed by atoms with Crippen LogP contribution < -0.4 is 4.74 Å². The molecule has 0 aliphatic carbocycles. The van der Waals surface area contributed by atoms with Crippen LogP contribution in [0.4, 0.5) is 4.39 Å². The number of piperidine rings is 1. The molecule has 1 aromatic rings. The fraction of sp³-hybridized carbons (Fsp3) is 0.588. The molecular formula is C17H23FN2O3S. The second-order valence-electron chi connectivity index (χ2n) is 6.40. The normalized spacial score (nSPS) is 17.3. The van der Waals surface area contributed by atoms with Gasteiger partial charge in [0.25, 0.3) is 0 Å². The van der Waals surface area contributed by atoms with E-state index in [1.54, 1.807) is 4.90 Å². The van der Waals surface area contributed by atoms with Crippen LogP contribution in [-0.4, -0.2) is 39.3 Å². The van der Waals surface area contributed by atoms with E-state index in [1.165, 1.54) is 12.1 Å². The van der Waals surface area contributed by atoms with Crippen LogP contribution in [0.5, 0.6) is 5.75 Å². The molecule has 1 saturated heterocycles. The zero-order valence-electron chi connectivity index (χ0n) is 14.0. The molecule has 0 amide bonds. The summed E-state index contributed by atoms with van der Waals surface area (Å²) in [6.07, 6.45) is 6.01. The topological polar surface area (TPSA) is 70.4 Å². The summed E-state index contributed by atoms with van der Waals surface area (Å²) in [5, 5.41) is 8.86. The molecule has 1 aliphatic rings. The molecule has 1 aliphatic heterocycles. The maximum atomic E-state index is 13.8. The number of likely N-dealkylation sites (tertiary alicyclic amines) is 1. The average Bonchev–Trinajstić information content (AvgIpc) is 2.53. The monoisotopic (exact) mass is 354 g/mol. The number of nitriles is 1. The van der Waals surface area contributed by atoms with Gasteiger partial charge in [-0.15, -0.1) is 0 Å². The van der Waals surface area contributed by atoms with Crippen molar-refractivity contribution in [3.63, 3.8) is 0 Å². The van der Waals surface area contributed by atoms with Crippen molar-refractivity contribution in [2.45, 2.75) is 31.1 Å². The van der Waals surface area contributed by atoms with Gasteiger partial charge in [-0.2, -0.15) is 5.26 Å². The Morgan fingerprint density at radius 3 is 2.62 bits per heavy atom. The molecular weight excluding hydrogens is 331 g/mol. The number of halogens is 1. The Kier molecular flexibility index (Phi) is 6.05. The van der Waals surface area contributed by atoms with Crippen molar-refractivity contribution in [3.8, 4) is 11.9 Å². The van der Waals surface area contributed by atoms with Gasteiger partial charge in [0.05, 0.1) is 6.61 Å². The molecule has 0 aromatic heterocycles. The van der Waals surface area contributed by atoms with Gasteiger partial charge in [-0.1, -0.05) is 6.92 Å². The van der Waals surface area contributed by atoms with Crippen LogP contribution in [0.25, 0.3) is 0 Å². The third kappa shape index (κ3) is 4.84. The molecule has 0 spiro atoms. The minimum atomic E-state index is -3.56. The quantitative estimate of drug-likeness (QED) is 0.735. The first-order valence-corrected chi connectivity index (χ1v) is 9.97. The standard InChI is InChI=1S/C17H23FN2O3S/c1-13(14-5-8-20(12-19)9-6-14)7-10-23-15-3-4-17(16(18)11-15)24(2,21)22/h3-4,11,13-14H,5-10H2,1-2H3/t13-/m1/s1. The molecule has 0 saturated carbocycles. The average molecular weight is 354 g/mol. The molecule has 1 atom stereocenters. The third-order valence-electron chi connectivity index (χ3n) is 4.63. The highest BCUT2D eigenvalue weighted by molar-refractivity contribution is 7.90. The van der Waals surface area contributed by atoms with Gasteiger partial charge >= 0.3 is 0 Å². The maximum absolute atomic E-state index is 13.8. The Morgan fingerprint density at radius 1 is 1.42 bits per heavy atom. The number of hydrogen-bond acceptors (Lipinski definition) is 5. The lowest BCUT2D eigenvalue weighted by molar-refractivity contribution is 0.175. The van der Waals surface area contributed by atoms with E-state index in [9.17, 15) is 12.8 Å². The minimum Gasteiger partial charge on any atom is -0.493 e. The highest BCUT2D eigenvalue weighted by Crippen LogP contribution is 2.27. The number of sulfone groups is 1. The third-order valence-corrected chi connectivity index (χ3v) is 5.76. The van der Waals surface area contributed by atoms with Crippen LogP contribution in [0.2, 0.25) is 0 Å². The molecule has 24 heavy (non-hydrogen) atoms. The van der Waals surface area contributed by atoms with Crippen LogP contribution in [0.3, 0.4) is 0 Å². The van der Waals surface area contributed by atoms with E-state index in [4.69, 9.17) is 10.00 Å². The molecule has 1 fully saturated rings. The molecule has 0 radical (unpaired) electrons. The summed E-state index contributed by atoms with van der Waals surface area (Å²) in [5.41, 5.74) is 0. The van der Waals surface area contributed by atoms with Crippen molar-refractivity contribution in [2.75, 3.05) is 26.0 Å². The van der Waals surface area contributed by atoms with Crippen molar-refractivity contribution in [3.05, 3.63) is 24.0 Å². The number of rotatable bonds is 6. The van der Waals surface area contributed by atoms with E-state index in [-0.39, 0.29) is 4.90 Å². The van der Waals surface area contributed by atoms with Crippen LogP contribution in [0, 0.1) is 29.1 Å². The summed E-state index contributed by atoms with van der Waals surface area (Å²) in [6, 6.07) is 3.84. The smallest absolute Gasteiger partial charge is 0.179 e. The Bertz CT molecular complexity index is 707. The van der Waals surface area contributed by atoms with Crippen molar-refractivity contribution in [1.29, 1.82) is 5.26 Å². The fourth-order valence-corrected chi connectivity index (χ4v) is 3.77. The van der Waals surface area contributed by atoms with Gasteiger partial charge < -0.3 is 9.64 Å². The molecule has 1 aromatic carbocycles. The Labute approximate surface area is 142 Å². The minimum absolute atomic E-state index is 0.313. The van der Waals surface area contributed by atoms with Crippen LogP contribution in [0.15, 0.2) is 23.1 Å². The SMILES string of the molecule is C[C@H](CCOc1ccc(S(C)(=O)=O)c(F)c1)C1CCN(C#N)CC1. The zero-order chi connectivity index (χ0) is 17.7. The van der Waals surface area contributed by atoms with E-state index in [0.29, 0.717) is 24.2 Å². The van der Waals surface area contributed by atoms with Crippen molar-refractivity contribution in [2.24, 2.45) is 11.8 Å². The van der Waals surface area contributed by atoms with E-state index in [2.05, 4.69) is 13.1 Å². The van der Waals surface area contributed by atoms with Gasteiger partial charge in [0.15, 0.2) is 16.0 Å². The van der Waals surface area contributed by atoms with Gasteiger partial charge in [0, 0.05) is 25.4 Å². The Balaban J connectivity index is 1.82. The molecule has 0 unspecified atom stereocenters. The summed E-state index contributed by atoms with van der Waals surface area (Å²) < 4.78 is 42.1. The second-order valence-corrected chi connectivity index (χ2v) is 8.39. The van der Waals surface area contributed by atoms with E-state index in [0.717, 1.165) is 44.7 Å². The second kappa shape index (κ2) is 7.84. The van der Waals surface area contributed by atoms with Gasteiger partial charge in [-0.05, 0) is 43.2 Å². The van der Waals surface area contributed by atoms with Gasteiger partial charge in [0.1, 0.15) is 16.5 Å². The number of benzene rings is 1. The van der Waals surface area contributed by atoms with Gasteiger partial charge in [-0.3, -0.25) is 0 Å². The number of ether oxygens (including phenoxy) is 1. The predicted octanol–water partition coefficient (Wildman–Crippen LogP) is 2.83. The molecule has 132 valence electrons. The summed E-state index contributed by atoms with van der Waals surface area (Å²) in [6.45, 7) is 4.25. The summed E-state index contributed by atoms with van der Waals surface area (Å²) in [4.78, 5) is 1.47. The predicted molar refractivity (Wildman–Crippen MR) is 88.7 cm³/mol. The largest absolute Gasteiger partial charge is 0.493 e. The Hall–Kier alpha value is -1.81. The summed E-state index contributed by atoms with van der Waals surface area (Å²) in [7, 11) is -3.56. The highest BCUT2D eigenvalue weighted by atomic mass is 32.2. The van der Waals surface area contributed by atoms with Crippen LogP contribution in [0.1, 0.15) is 26.2 Å². The summed E-state index contributed by atoms with van der Waals surface area (Å²) in [5.74, 6) is 0.590. The number of nitrogens with zero attached hydrogens (tertiary/aromatic N) is 2. The van der Waals surface area contributed by atoms with Crippen LogP contribution >= 0.6 is 0 Å². The summed E-state index contributed by atoms with van der Waals surface area (Å²) >= 11 is 0. The van der Waals surface area contributed by atoms with Gasteiger partial charge in [0.2, 0.25) is 0 Å². The first-order valence-electron chi connectivity index (χ1n) is 8.08. The molecule has 0 bridgehead atoms. The molecule has 5 nitrogen and oxygen atoms in total. The Morgan fingerprint density at radius 2 is 2.08 bits per heavy atom. The van der Waals surface area contributed by atoms with E-state index in [1.807, 2.05) is 0 Å². The van der Waals surface area contributed by atoms with Crippen molar-refractivity contribution < 1.29 is 17.5 Å². The molecule has 7 heteroatoms. The zero-order valence-corrected chi connectivity index (χ0v) is 14.9. The highest BCUT2D eigenvalue weighted by Gasteiger charge is 2.23. The van der Waals surface area contributed by atoms with Crippen LogP contribution in [-0.2, 0) is 9.84 Å².